The van der Waals surface area contributed by atoms with Gasteiger partial charge in [-0.25, -0.2) is 0 Å². The Hall–Kier alpha value is -1.55. The molecule has 0 saturated carbocycles. The Morgan fingerprint density at radius 2 is 2.10 bits per heavy atom. The van der Waals surface area contributed by atoms with E-state index in [1.807, 2.05) is 24.3 Å². The maximum absolute atomic E-state index is 12.3. The van der Waals surface area contributed by atoms with Crippen molar-refractivity contribution in [2.75, 3.05) is 20.2 Å². The van der Waals surface area contributed by atoms with Crippen molar-refractivity contribution in [1.29, 1.82) is 0 Å². The summed E-state index contributed by atoms with van der Waals surface area (Å²) >= 11 is 0. The van der Waals surface area contributed by atoms with Crippen molar-refractivity contribution in [1.82, 2.24) is 10.6 Å². The van der Waals surface area contributed by atoms with Gasteiger partial charge in [-0.15, -0.1) is 0 Å². The lowest BCUT2D eigenvalue weighted by molar-refractivity contribution is -0.126. The van der Waals surface area contributed by atoms with Crippen LogP contribution in [0.4, 0.5) is 0 Å². The minimum atomic E-state index is 0.0706. The number of carbonyl (C=O) groups is 1. The van der Waals surface area contributed by atoms with Gasteiger partial charge in [0.15, 0.2) is 0 Å². The zero-order valence-electron chi connectivity index (χ0n) is 12.5. The third-order valence-electron chi connectivity index (χ3n) is 4.10. The van der Waals surface area contributed by atoms with Crippen LogP contribution >= 0.6 is 0 Å². The van der Waals surface area contributed by atoms with E-state index in [0.717, 1.165) is 30.8 Å². The van der Waals surface area contributed by atoms with E-state index < -0.39 is 0 Å². The number of nitrogens with one attached hydrogen (secondary N) is 2. The molecule has 3 atom stereocenters. The molecule has 1 aliphatic heterocycles. The number of carbonyl (C=O) groups excluding carboxylic acids is 1. The van der Waals surface area contributed by atoms with Gasteiger partial charge in [-0.3, -0.25) is 4.79 Å². The smallest absolute Gasteiger partial charge is 0.225 e. The second-order valence-corrected chi connectivity index (χ2v) is 5.48. The molecule has 2 N–H and O–H groups in total. The molecule has 1 aromatic rings. The molecule has 1 fully saturated rings. The second kappa shape index (κ2) is 6.75. The molecular weight excluding hydrogens is 252 g/mol. The highest BCUT2D eigenvalue weighted by atomic mass is 16.5. The first-order chi connectivity index (χ1) is 9.65. The summed E-state index contributed by atoms with van der Waals surface area (Å²) < 4.78 is 5.16. The van der Waals surface area contributed by atoms with Crippen molar-refractivity contribution < 1.29 is 9.53 Å². The summed E-state index contributed by atoms with van der Waals surface area (Å²) in [6.07, 6.45) is 0.882. The minimum absolute atomic E-state index is 0.0706. The fourth-order valence-electron chi connectivity index (χ4n) is 2.70. The summed E-state index contributed by atoms with van der Waals surface area (Å²) in [7, 11) is 1.66. The van der Waals surface area contributed by atoms with Gasteiger partial charge in [-0.1, -0.05) is 26.0 Å². The second-order valence-electron chi connectivity index (χ2n) is 5.48. The number of methoxy groups -OCH3 is 1. The first kappa shape index (κ1) is 14.9. The average Bonchev–Trinajstić information content (AvgIpc) is 2.91. The van der Waals surface area contributed by atoms with Crippen LogP contribution < -0.4 is 15.4 Å². The highest BCUT2D eigenvalue weighted by molar-refractivity contribution is 5.80. The van der Waals surface area contributed by atoms with E-state index in [-0.39, 0.29) is 17.9 Å². The SMILES string of the molecule is CCC(NC(=O)C1CNCC1C)c1ccc(OC)cc1. The fourth-order valence-corrected chi connectivity index (χ4v) is 2.70. The van der Waals surface area contributed by atoms with Crippen LogP contribution in [-0.4, -0.2) is 26.1 Å². The molecule has 0 radical (unpaired) electrons. The van der Waals surface area contributed by atoms with Crippen LogP contribution in [0, 0.1) is 11.8 Å². The van der Waals surface area contributed by atoms with Crippen molar-refractivity contribution in [2.24, 2.45) is 11.8 Å². The molecule has 4 heteroatoms. The molecule has 1 aromatic carbocycles. The van der Waals surface area contributed by atoms with Crippen molar-refractivity contribution in [2.45, 2.75) is 26.3 Å². The summed E-state index contributed by atoms with van der Waals surface area (Å²) in [6, 6.07) is 7.97. The van der Waals surface area contributed by atoms with Gasteiger partial charge in [0.2, 0.25) is 5.91 Å². The first-order valence-corrected chi connectivity index (χ1v) is 7.30. The summed E-state index contributed by atoms with van der Waals surface area (Å²) in [4.78, 5) is 12.3. The van der Waals surface area contributed by atoms with E-state index in [2.05, 4.69) is 24.5 Å². The average molecular weight is 276 g/mol. The van der Waals surface area contributed by atoms with E-state index >= 15 is 0 Å². The van der Waals surface area contributed by atoms with E-state index in [9.17, 15) is 4.79 Å². The first-order valence-electron chi connectivity index (χ1n) is 7.30. The van der Waals surface area contributed by atoms with Gasteiger partial charge in [-0.05, 0) is 36.6 Å². The molecule has 110 valence electrons. The predicted octanol–water partition coefficient (Wildman–Crippen LogP) is 2.12. The number of rotatable bonds is 5. The Balaban J connectivity index is 2.02. The van der Waals surface area contributed by atoms with Crippen LogP contribution in [0.2, 0.25) is 0 Å². The number of hydrogen-bond acceptors (Lipinski definition) is 3. The quantitative estimate of drug-likeness (QED) is 0.866. The van der Waals surface area contributed by atoms with Crippen molar-refractivity contribution in [3.05, 3.63) is 29.8 Å². The number of ether oxygens (including phenoxy) is 1. The number of amides is 1. The Morgan fingerprint density at radius 1 is 1.40 bits per heavy atom. The number of hydrogen-bond donors (Lipinski definition) is 2. The van der Waals surface area contributed by atoms with Crippen LogP contribution in [0.25, 0.3) is 0 Å². The zero-order valence-corrected chi connectivity index (χ0v) is 12.5. The van der Waals surface area contributed by atoms with Crippen LogP contribution in [0.15, 0.2) is 24.3 Å². The molecule has 4 nitrogen and oxygen atoms in total. The lowest BCUT2D eigenvalue weighted by atomic mass is 9.96. The molecular formula is C16H24N2O2. The summed E-state index contributed by atoms with van der Waals surface area (Å²) in [5.41, 5.74) is 1.13. The van der Waals surface area contributed by atoms with Gasteiger partial charge < -0.3 is 15.4 Å². The lowest BCUT2D eigenvalue weighted by Crippen LogP contribution is -2.36. The molecule has 0 bridgehead atoms. The summed E-state index contributed by atoms with van der Waals surface area (Å²) in [6.45, 7) is 5.92. The van der Waals surface area contributed by atoms with E-state index in [1.165, 1.54) is 0 Å². The highest BCUT2D eigenvalue weighted by Crippen LogP contribution is 2.22. The fraction of sp³-hybridized carbons (Fsp3) is 0.562. The third-order valence-corrected chi connectivity index (χ3v) is 4.10. The standard InChI is InChI=1S/C16H24N2O2/c1-4-15(12-5-7-13(20-3)8-6-12)18-16(19)14-10-17-9-11(14)2/h5-8,11,14-15,17H,4,9-10H2,1-3H3,(H,18,19). The van der Waals surface area contributed by atoms with Gasteiger partial charge >= 0.3 is 0 Å². The van der Waals surface area contributed by atoms with E-state index in [1.54, 1.807) is 7.11 Å². The van der Waals surface area contributed by atoms with Gasteiger partial charge in [0.1, 0.15) is 5.75 Å². The minimum Gasteiger partial charge on any atom is -0.497 e. The van der Waals surface area contributed by atoms with E-state index in [4.69, 9.17) is 4.74 Å². The highest BCUT2D eigenvalue weighted by Gasteiger charge is 2.30. The molecule has 0 spiro atoms. The molecule has 3 unspecified atom stereocenters. The third kappa shape index (κ3) is 3.31. The van der Waals surface area contributed by atoms with Crippen molar-refractivity contribution in [3.63, 3.8) is 0 Å². The molecule has 2 rings (SSSR count). The van der Waals surface area contributed by atoms with Crippen LogP contribution in [0.3, 0.4) is 0 Å². The van der Waals surface area contributed by atoms with E-state index in [0.29, 0.717) is 5.92 Å². The lowest BCUT2D eigenvalue weighted by Gasteiger charge is -2.21. The largest absolute Gasteiger partial charge is 0.497 e. The van der Waals surface area contributed by atoms with Crippen LogP contribution in [0.1, 0.15) is 31.9 Å². The van der Waals surface area contributed by atoms with Crippen molar-refractivity contribution in [3.8, 4) is 5.75 Å². The predicted molar refractivity (Wildman–Crippen MR) is 79.7 cm³/mol. The zero-order chi connectivity index (χ0) is 14.5. The Kier molecular flexibility index (Phi) is 5.01. The molecule has 0 aliphatic carbocycles. The van der Waals surface area contributed by atoms with Crippen LogP contribution in [-0.2, 0) is 4.79 Å². The normalized spacial score (nSPS) is 23.4. The number of benzene rings is 1. The van der Waals surface area contributed by atoms with Gasteiger partial charge in [0.25, 0.3) is 0 Å². The monoisotopic (exact) mass is 276 g/mol. The maximum Gasteiger partial charge on any atom is 0.225 e. The molecule has 1 amide bonds. The van der Waals surface area contributed by atoms with Crippen LogP contribution in [0.5, 0.6) is 5.75 Å². The van der Waals surface area contributed by atoms with Gasteiger partial charge in [-0.2, -0.15) is 0 Å². The topological polar surface area (TPSA) is 50.4 Å². The molecule has 20 heavy (non-hydrogen) atoms. The molecule has 0 aromatic heterocycles. The molecule has 1 heterocycles. The maximum atomic E-state index is 12.3. The molecule has 1 aliphatic rings. The molecule has 1 saturated heterocycles. The Labute approximate surface area is 120 Å². The summed E-state index contributed by atoms with van der Waals surface area (Å²) in [5, 5.41) is 6.44. The Morgan fingerprint density at radius 3 is 2.60 bits per heavy atom. The van der Waals surface area contributed by atoms with Crippen molar-refractivity contribution >= 4 is 5.91 Å². The van der Waals surface area contributed by atoms with Gasteiger partial charge in [0, 0.05) is 6.54 Å². The Bertz CT molecular complexity index is 444. The summed E-state index contributed by atoms with van der Waals surface area (Å²) in [5.74, 6) is 1.49. The van der Waals surface area contributed by atoms with Gasteiger partial charge in [0.05, 0.1) is 19.1 Å².